The molecular weight excluding hydrogens is 270 g/mol. The van der Waals surface area contributed by atoms with E-state index in [0.717, 1.165) is 30.5 Å². The molecule has 1 aromatic heterocycles. The van der Waals surface area contributed by atoms with E-state index in [-0.39, 0.29) is 17.7 Å². The van der Waals surface area contributed by atoms with Crippen molar-refractivity contribution in [1.82, 2.24) is 14.5 Å². The first-order valence-corrected chi connectivity index (χ1v) is 7.13. The van der Waals surface area contributed by atoms with Gasteiger partial charge in [-0.05, 0) is 31.0 Å². The number of nitrogens with one attached hydrogen (secondary N) is 1. The number of carbonyl (C=O) groups is 1. The second-order valence-corrected chi connectivity index (χ2v) is 5.45. The normalized spacial score (nSPS) is 18.3. The minimum Gasteiger partial charge on any atom is -0.376 e. The Morgan fingerprint density at radius 2 is 2.10 bits per heavy atom. The molecule has 1 amide bonds. The van der Waals surface area contributed by atoms with Crippen LogP contribution in [0, 0.1) is 0 Å². The Kier molecular flexibility index (Phi) is 3.55. The van der Waals surface area contributed by atoms with Gasteiger partial charge in [-0.25, -0.2) is 4.79 Å². The van der Waals surface area contributed by atoms with E-state index in [1.165, 1.54) is 0 Å². The summed E-state index contributed by atoms with van der Waals surface area (Å²) in [6.45, 7) is 1.31. The summed E-state index contributed by atoms with van der Waals surface area (Å²) in [5, 5.41) is 2.89. The van der Waals surface area contributed by atoms with Crippen molar-refractivity contribution in [3.63, 3.8) is 0 Å². The molecule has 0 radical (unpaired) electrons. The monoisotopic (exact) mass is 289 g/mol. The molecule has 0 aliphatic carbocycles. The number of amides is 1. The fourth-order valence-corrected chi connectivity index (χ4v) is 2.76. The van der Waals surface area contributed by atoms with Gasteiger partial charge in [0.25, 0.3) is 5.91 Å². The smallest absolute Gasteiger partial charge is 0.328 e. The van der Waals surface area contributed by atoms with Crippen LogP contribution in [0.1, 0.15) is 23.2 Å². The molecule has 112 valence electrons. The second kappa shape index (κ2) is 5.37. The lowest BCUT2D eigenvalue weighted by molar-refractivity contribution is 0.0858. The largest absolute Gasteiger partial charge is 0.376 e. The van der Waals surface area contributed by atoms with E-state index in [4.69, 9.17) is 4.74 Å². The topological polar surface area (TPSA) is 65.3 Å². The first-order chi connectivity index (χ1) is 10.1. The van der Waals surface area contributed by atoms with Crippen LogP contribution in [0.15, 0.2) is 23.0 Å². The van der Waals surface area contributed by atoms with Crippen LogP contribution in [0.3, 0.4) is 0 Å². The van der Waals surface area contributed by atoms with Gasteiger partial charge in [-0.3, -0.25) is 13.9 Å². The zero-order valence-corrected chi connectivity index (χ0v) is 12.3. The molecule has 0 spiro atoms. The van der Waals surface area contributed by atoms with Crippen LogP contribution in [-0.2, 0) is 18.8 Å². The van der Waals surface area contributed by atoms with Crippen molar-refractivity contribution < 1.29 is 9.53 Å². The molecular formula is C15H19N3O3. The molecule has 1 saturated heterocycles. The molecule has 0 saturated carbocycles. The van der Waals surface area contributed by atoms with Gasteiger partial charge in [-0.1, -0.05) is 0 Å². The number of ether oxygens (including phenoxy) is 1. The van der Waals surface area contributed by atoms with Gasteiger partial charge in [0.05, 0.1) is 17.1 Å². The summed E-state index contributed by atoms with van der Waals surface area (Å²) >= 11 is 0. The number of rotatable bonds is 3. The third kappa shape index (κ3) is 2.47. The lowest BCUT2D eigenvalue weighted by Crippen LogP contribution is -2.31. The average molecular weight is 289 g/mol. The van der Waals surface area contributed by atoms with E-state index in [0.29, 0.717) is 12.1 Å². The van der Waals surface area contributed by atoms with Crippen molar-refractivity contribution in [1.29, 1.82) is 0 Å². The molecule has 2 aromatic rings. The number of aryl methyl sites for hydroxylation is 2. The van der Waals surface area contributed by atoms with Gasteiger partial charge in [-0.2, -0.15) is 0 Å². The van der Waals surface area contributed by atoms with E-state index >= 15 is 0 Å². The number of hydrogen-bond acceptors (Lipinski definition) is 3. The first kappa shape index (κ1) is 13.9. The summed E-state index contributed by atoms with van der Waals surface area (Å²) in [5.74, 6) is -0.135. The second-order valence-electron chi connectivity index (χ2n) is 5.45. The van der Waals surface area contributed by atoms with Crippen molar-refractivity contribution in [2.24, 2.45) is 14.1 Å². The summed E-state index contributed by atoms with van der Waals surface area (Å²) in [6, 6.07) is 5.30. The molecule has 1 aliphatic heterocycles. The highest BCUT2D eigenvalue weighted by molar-refractivity contribution is 5.97. The quantitative estimate of drug-likeness (QED) is 0.908. The van der Waals surface area contributed by atoms with Crippen LogP contribution in [0.2, 0.25) is 0 Å². The first-order valence-electron chi connectivity index (χ1n) is 7.13. The maximum absolute atomic E-state index is 12.2. The van der Waals surface area contributed by atoms with Crippen LogP contribution in [-0.4, -0.2) is 34.3 Å². The number of nitrogens with zero attached hydrogens (tertiary/aromatic N) is 2. The highest BCUT2D eigenvalue weighted by Crippen LogP contribution is 2.15. The molecule has 1 atom stereocenters. The summed E-state index contributed by atoms with van der Waals surface area (Å²) in [7, 11) is 3.43. The van der Waals surface area contributed by atoms with E-state index in [1.54, 1.807) is 41.4 Å². The molecule has 21 heavy (non-hydrogen) atoms. The molecule has 1 unspecified atom stereocenters. The Morgan fingerprint density at radius 3 is 2.81 bits per heavy atom. The molecule has 1 aliphatic rings. The van der Waals surface area contributed by atoms with Crippen molar-refractivity contribution in [3.05, 3.63) is 34.2 Å². The van der Waals surface area contributed by atoms with Crippen LogP contribution in [0.5, 0.6) is 0 Å². The Bertz CT molecular complexity index is 738. The Morgan fingerprint density at radius 1 is 1.33 bits per heavy atom. The molecule has 0 bridgehead atoms. The highest BCUT2D eigenvalue weighted by atomic mass is 16.5. The zero-order valence-electron chi connectivity index (χ0n) is 12.3. The molecule has 6 heteroatoms. The molecule has 6 nitrogen and oxygen atoms in total. The molecule has 1 aromatic carbocycles. The van der Waals surface area contributed by atoms with Crippen LogP contribution in [0.25, 0.3) is 11.0 Å². The lowest BCUT2D eigenvalue weighted by Gasteiger charge is -2.10. The van der Waals surface area contributed by atoms with Gasteiger partial charge < -0.3 is 10.1 Å². The predicted octanol–water partition coefficient (Wildman–Crippen LogP) is 0.786. The SMILES string of the molecule is Cn1c(=O)n(C)c2cc(C(=O)NCC3CCCO3)ccc21. The third-order valence-corrected chi connectivity index (χ3v) is 4.05. The third-order valence-electron chi connectivity index (χ3n) is 4.05. The predicted molar refractivity (Wildman–Crippen MR) is 79.5 cm³/mol. The van der Waals surface area contributed by atoms with E-state index in [2.05, 4.69) is 5.32 Å². The van der Waals surface area contributed by atoms with Crippen molar-refractivity contribution in [2.75, 3.05) is 13.2 Å². The van der Waals surface area contributed by atoms with E-state index in [1.807, 2.05) is 0 Å². The number of aromatic nitrogens is 2. The fraction of sp³-hybridized carbons (Fsp3) is 0.467. The minimum atomic E-state index is -0.135. The van der Waals surface area contributed by atoms with Crippen molar-refractivity contribution in [2.45, 2.75) is 18.9 Å². The highest BCUT2D eigenvalue weighted by Gasteiger charge is 2.17. The van der Waals surface area contributed by atoms with Gasteiger partial charge in [0.1, 0.15) is 0 Å². The summed E-state index contributed by atoms with van der Waals surface area (Å²) < 4.78 is 8.60. The summed E-state index contributed by atoms with van der Waals surface area (Å²) in [6.07, 6.45) is 2.17. The van der Waals surface area contributed by atoms with Crippen molar-refractivity contribution in [3.8, 4) is 0 Å². The van der Waals surface area contributed by atoms with E-state index < -0.39 is 0 Å². The number of carbonyl (C=O) groups excluding carboxylic acids is 1. The zero-order chi connectivity index (χ0) is 15.0. The number of benzene rings is 1. The Hall–Kier alpha value is -2.08. The van der Waals surface area contributed by atoms with Gasteiger partial charge >= 0.3 is 5.69 Å². The maximum Gasteiger partial charge on any atom is 0.328 e. The summed E-state index contributed by atoms with van der Waals surface area (Å²) in [5.41, 5.74) is 2.04. The number of fused-ring (bicyclic) bond motifs is 1. The van der Waals surface area contributed by atoms with Crippen LogP contribution >= 0.6 is 0 Å². The van der Waals surface area contributed by atoms with Crippen LogP contribution in [0.4, 0.5) is 0 Å². The van der Waals surface area contributed by atoms with Gasteiger partial charge in [0, 0.05) is 32.8 Å². The molecule has 2 heterocycles. The number of imidazole rings is 1. The molecule has 1 N–H and O–H groups in total. The molecule has 3 rings (SSSR count). The average Bonchev–Trinajstić information content (AvgIpc) is 3.09. The molecule has 1 fully saturated rings. The van der Waals surface area contributed by atoms with Gasteiger partial charge in [-0.15, -0.1) is 0 Å². The van der Waals surface area contributed by atoms with E-state index in [9.17, 15) is 9.59 Å². The summed E-state index contributed by atoms with van der Waals surface area (Å²) in [4.78, 5) is 24.1. The Balaban J connectivity index is 1.81. The maximum atomic E-state index is 12.2. The van der Waals surface area contributed by atoms with Gasteiger partial charge in [0.2, 0.25) is 0 Å². The van der Waals surface area contributed by atoms with Crippen molar-refractivity contribution >= 4 is 16.9 Å². The number of hydrogen-bond donors (Lipinski definition) is 1. The fourth-order valence-electron chi connectivity index (χ4n) is 2.76. The lowest BCUT2D eigenvalue weighted by atomic mass is 10.1. The standard InChI is InChI=1S/C15H19N3O3/c1-17-12-6-5-10(8-13(12)18(2)15(17)20)14(19)16-9-11-4-3-7-21-11/h5-6,8,11H,3-4,7,9H2,1-2H3,(H,16,19). The van der Waals surface area contributed by atoms with Gasteiger partial charge in [0.15, 0.2) is 0 Å². The Labute approximate surface area is 122 Å². The van der Waals surface area contributed by atoms with Crippen LogP contribution < -0.4 is 11.0 Å². The minimum absolute atomic E-state index is 0.0955.